The maximum atomic E-state index is 13.4. The van der Waals surface area contributed by atoms with Crippen molar-refractivity contribution < 1.29 is 42.9 Å². The summed E-state index contributed by atoms with van der Waals surface area (Å²) >= 11 is 2.35. The van der Waals surface area contributed by atoms with Gasteiger partial charge in [0.2, 0.25) is 0 Å². The molecule has 0 radical (unpaired) electrons. The maximum Gasteiger partial charge on any atom is 0.407 e. The van der Waals surface area contributed by atoms with Crippen molar-refractivity contribution in [3.05, 3.63) is 57.2 Å². The van der Waals surface area contributed by atoms with Crippen LogP contribution in [0.1, 0.15) is 89.2 Å². The van der Waals surface area contributed by atoms with E-state index in [9.17, 15) is 34.4 Å². The van der Waals surface area contributed by atoms with Gasteiger partial charge < -0.3 is 46.5 Å². The van der Waals surface area contributed by atoms with Crippen molar-refractivity contribution in [1.29, 1.82) is 0 Å². The van der Waals surface area contributed by atoms with Gasteiger partial charge in [-0.05, 0) is 45.7 Å². The van der Waals surface area contributed by atoms with Gasteiger partial charge in [-0.2, -0.15) is 9.46 Å². The molecule has 4 bridgehead atoms. The Kier molecular flexibility index (Phi) is 18.1. The van der Waals surface area contributed by atoms with Gasteiger partial charge in [-0.1, -0.05) is 37.4 Å². The summed E-state index contributed by atoms with van der Waals surface area (Å²) in [6.45, 7) is 10.8. The summed E-state index contributed by atoms with van der Waals surface area (Å²) in [5.74, 6) is -1.20. The highest BCUT2D eigenvalue weighted by atomic mass is 32.2. The number of pyridine rings is 2. The van der Waals surface area contributed by atoms with Crippen molar-refractivity contribution in [3.8, 4) is 0 Å². The summed E-state index contributed by atoms with van der Waals surface area (Å²) < 4.78 is 11.8. The fourth-order valence-corrected chi connectivity index (χ4v) is 6.82. The number of thioether (sulfide) groups is 2. The molecule has 0 aromatic carbocycles. The van der Waals surface area contributed by atoms with Crippen molar-refractivity contribution >= 4 is 53.2 Å². The minimum absolute atomic E-state index is 0.0982. The zero-order valence-electron chi connectivity index (χ0n) is 31.5. The average molecular weight is 793 g/mol. The number of hydrogen-bond donors (Lipinski definition) is 5. The Morgan fingerprint density at radius 1 is 0.778 bits per heavy atom. The summed E-state index contributed by atoms with van der Waals surface area (Å²) in [7, 11) is 0. The molecule has 0 saturated heterocycles. The zero-order chi connectivity index (χ0) is 39.7. The minimum Gasteiger partial charge on any atom is -0.617 e. The molecule has 6 rings (SSSR count). The Morgan fingerprint density at radius 3 is 1.65 bits per heavy atom. The summed E-state index contributed by atoms with van der Waals surface area (Å²) in [4.78, 5) is 66.8. The molecule has 2 aromatic rings. The number of nitrogens with zero attached hydrogens (tertiary/aromatic N) is 3. The molecule has 17 nitrogen and oxygen atoms in total. The SMILES string of the molecule is CCCSc1c2ccc([n+]1[O-])C(=O)NCCN(CCNC(=O)OC(C)(C)C)CCNC(=O)c1ccc(c(SCCC)[n+]1[O-])C(=O)NCCOCCNC2=O. The second kappa shape index (κ2) is 22.1. The van der Waals surface area contributed by atoms with E-state index in [-0.39, 0.29) is 91.6 Å². The van der Waals surface area contributed by atoms with Gasteiger partial charge in [-0.3, -0.25) is 24.1 Å². The summed E-state index contributed by atoms with van der Waals surface area (Å²) in [6.07, 6.45) is 0.858. The van der Waals surface area contributed by atoms with E-state index < -0.39 is 35.3 Å². The molecule has 0 atom stereocenters. The van der Waals surface area contributed by atoms with E-state index in [1.807, 2.05) is 18.7 Å². The zero-order valence-corrected chi connectivity index (χ0v) is 33.2. The van der Waals surface area contributed by atoms with Gasteiger partial charge in [0.05, 0.1) is 13.2 Å². The predicted octanol–water partition coefficient (Wildman–Crippen LogP) is 1.43. The topological polar surface area (TPSA) is 221 Å². The highest BCUT2D eigenvalue weighted by Gasteiger charge is 2.28. The van der Waals surface area contributed by atoms with Gasteiger partial charge in [-0.25, -0.2) is 4.79 Å². The van der Waals surface area contributed by atoms with Crippen LogP contribution in [0.5, 0.6) is 0 Å². The quantitative estimate of drug-likeness (QED) is 0.138. The highest BCUT2D eigenvalue weighted by Crippen LogP contribution is 2.22. The van der Waals surface area contributed by atoms with Crippen LogP contribution in [0.25, 0.3) is 0 Å². The van der Waals surface area contributed by atoms with E-state index in [0.29, 0.717) is 27.5 Å². The standard InChI is InChI=1S/C35H52N8O9S2/c1-6-22-53-32-24-8-10-26(42(32)49)30(46)36-12-17-41(19-14-40-34(48)52-35(3,4)5)18-13-37-31(47)27-11-9-25(33(43(27)50)54-23-7-2)29(45)39-16-21-51-20-15-38-28(24)44/h8-11H,6-7,12-23H2,1-5H3,(H,36,46)(H,37,47)(H,38,44)(H,39,45)(H,40,48). The second-order valence-electron chi connectivity index (χ2n) is 13.1. The number of ether oxygens (including phenoxy) is 2. The Hall–Kier alpha value is -4.33. The van der Waals surface area contributed by atoms with Crippen LogP contribution < -0.4 is 36.0 Å². The Labute approximate surface area is 324 Å². The molecule has 0 saturated carbocycles. The van der Waals surface area contributed by atoms with Crippen molar-refractivity contribution in [2.24, 2.45) is 0 Å². The normalized spacial score (nSPS) is 15.9. The lowest BCUT2D eigenvalue weighted by molar-refractivity contribution is -0.647. The third-order valence-electron chi connectivity index (χ3n) is 7.51. The lowest BCUT2D eigenvalue weighted by Gasteiger charge is -2.24. The molecule has 2 aromatic heterocycles. The molecule has 4 aliphatic heterocycles. The molecule has 4 aliphatic rings. The lowest BCUT2D eigenvalue weighted by atomic mass is 10.2. The molecule has 0 unspecified atom stereocenters. The van der Waals surface area contributed by atoms with Gasteiger partial charge in [-0.15, -0.1) is 0 Å². The van der Waals surface area contributed by atoms with Gasteiger partial charge in [0, 0.05) is 76.0 Å². The molecule has 0 aliphatic carbocycles. The maximum absolute atomic E-state index is 13.4. The number of carbonyl (C=O) groups is 5. The highest BCUT2D eigenvalue weighted by molar-refractivity contribution is 7.99. The van der Waals surface area contributed by atoms with Crippen LogP contribution in [-0.4, -0.2) is 117 Å². The number of aromatic nitrogens is 2. The van der Waals surface area contributed by atoms with Crippen LogP contribution >= 0.6 is 23.5 Å². The number of hydrogen-bond acceptors (Lipinski definition) is 12. The first-order chi connectivity index (χ1) is 25.8. The molecule has 298 valence electrons. The molecule has 6 heterocycles. The lowest BCUT2D eigenvalue weighted by Crippen LogP contribution is -2.47. The summed E-state index contributed by atoms with van der Waals surface area (Å²) in [5.41, 5.74) is -0.811. The predicted molar refractivity (Wildman–Crippen MR) is 204 cm³/mol. The van der Waals surface area contributed by atoms with Crippen LogP contribution in [0.4, 0.5) is 4.79 Å². The van der Waals surface area contributed by atoms with E-state index in [0.717, 1.165) is 12.8 Å². The Morgan fingerprint density at radius 2 is 1.22 bits per heavy atom. The fraction of sp³-hybridized carbons (Fsp3) is 0.571. The average Bonchev–Trinajstić information content (AvgIpc) is 3.11. The van der Waals surface area contributed by atoms with E-state index >= 15 is 0 Å². The first-order valence-corrected chi connectivity index (χ1v) is 19.9. The van der Waals surface area contributed by atoms with E-state index in [1.165, 1.54) is 47.8 Å². The van der Waals surface area contributed by atoms with Gasteiger partial charge in [0.25, 0.3) is 33.3 Å². The number of carbonyl (C=O) groups excluding carboxylic acids is 5. The molecular formula is C35H52N8O9S2. The Balaban J connectivity index is 1.86. The van der Waals surface area contributed by atoms with Gasteiger partial charge >= 0.3 is 17.9 Å². The molecule has 5 amide bonds. The van der Waals surface area contributed by atoms with Crippen LogP contribution in [0.2, 0.25) is 0 Å². The minimum atomic E-state index is -0.688. The van der Waals surface area contributed by atoms with Crippen molar-refractivity contribution in [2.75, 3.05) is 77.1 Å². The molecule has 19 heteroatoms. The molecule has 0 fully saturated rings. The smallest absolute Gasteiger partial charge is 0.407 e. The van der Waals surface area contributed by atoms with Crippen molar-refractivity contribution in [1.82, 2.24) is 31.5 Å². The van der Waals surface area contributed by atoms with E-state index in [1.54, 1.807) is 20.8 Å². The monoisotopic (exact) mass is 792 g/mol. The summed E-state index contributed by atoms with van der Waals surface area (Å²) in [6, 6.07) is 5.49. The number of rotatable bonds is 9. The number of nitrogens with one attached hydrogen (secondary N) is 5. The first kappa shape index (κ1) is 44.1. The molecule has 54 heavy (non-hydrogen) atoms. The molecule has 5 N–H and O–H groups in total. The van der Waals surface area contributed by atoms with E-state index in [2.05, 4.69) is 26.6 Å². The largest absolute Gasteiger partial charge is 0.617 e. The van der Waals surface area contributed by atoms with Crippen molar-refractivity contribution in [3.63, 3.8) is 0 Å². The molecule has 0 spiro atoms. The third-order valence-corrected chi connectivity index (χ3v) is 10.1. The number of amides is 5. The van der Waals surface area contributed by atoms with Crippen LogP contribution in [-0.2, 0) is 9.47 Å². The fourth-order valence-electron chi connectivity index (χ4n) is 4.96. The van der Waals surface area contributed by atoms with Gasteiger partial charge in [0.1, 0.15) is 16.7 Å². The summed E-state index contributed by atoms with van der Waals surface area (Å²) in [5, 5.41) is 40.7. The first-order valence-electron chi connectivity index (χ1n) is 18.0. The van der Waals surface area contributed by atoms with Crippen LogP contribution in [0, 0.1) is 10.4 Å². The number of alkyl carbamates (subject to hydrolysis) is 1. The Bertz CT molecular complexity index is 1520. The van der Waals surface area contributed by atoms with Gasteiger partial charge in [0.15, 0.2) is 0 Å². The van der Waals surface area contributed by atoms with Crippen molar-refractivity contribution in [2.45, 2.75) is 63.1 Å². The molecular weight excluding hydrogens is 741 g/mol. The van der Waals surface area contributed by atoms with Crippen LogP contribution in [0.3, 0.4) is 0 Å². The third kappa shape index (κ3) is 13.8. The van der Waals surface area contributed by atoms with E-state index in [4.69, 9.17) is 9.47 Å². The van der Waals surface area contributed by atoms with Crippen LogP contribution in [0.15, 0.2) is 34.3 Å². The second-order valence-corrected chi connectivity index (χ2v) is 15.2.